The van der Waals surface area contributed by atoms with Gasteiger partial charge in [0.05, 0.1) is 22.5 Å². The molecule has 1 aromatic carbocycles. The summed E-state index contributed by atoms with van der Waals surface area (Å²) in [5.41, 5.74) is 1.22. The quantitative estimate of drug-likeness (QED) is 0.545. The van der Waals surface area contributed by atoms with Crippen molar-refractivity contribution in [2.75, 3.05) is 36.1 Å². The highest BCUT2D eigenvalue weighted by molar-refractivity contribution is 7.90. The first-order valence-electron chi connectivity index (χ1n) is 9.77. The van der Waals surface area contributed by atoms with E-state index in [0.29, 0.717) is 12.2 Å². The van der Waals surface area contributed by atoms with Crippen molar-refractivity contribution in [3.63, 3.8) is 0 Å². The van der Waals surface area contributed by atoms with Gasteiger partial charge in [0.15, 0.2) is 9.84 Å². The summed E-state index contributed by atoms with van der Waals surface area (Å²) in [6.45, 7) is 1.52. The van der Waals surface area contributed by atoms with E-state index in [1.165, 1.54) is 6.07 Å². The highest BCUT2D eigenvalue weighted by Crippen LogP contribution is 2.25. The number of nitrogens with zero attached hydrogens (tertiary/aromatic N) is 3. The summed E-state index contributed by atoms with van der Waals surface area (Å²) in [4.78, 5) is 26.6. The third kappa shape index (κ3) is 4.38. The van der Waals surface area contributed by atoms with Gasteiger partial charge in [0.1, 0.15) is 17.8 Å². The SMILES string of the molecule is CS(=O)(=O)c1ccccc1NCC(=O)N[C@@H]1CCCN(c2ncnc3[nH]ccc23)C1. The number of anilines is 2. The maximum atomic E-state index is 12.5. The average molecular weight is 429 g/mol. The number of nitrogens with one attached hydrogen (secondary N) is 3. The molecule has 3 N–H and O–H groups in total. The molecule has 0 radical (unpaired) electrons. The molecule has 1 aliphatic rings. The Morgan fingerprint density at radius 2 is 2.10 bits per heavy atom. The van der Waals surface area contributed by atoms with Crippen LogP contribution in [0.2, 0.25) is 0 Å². The number of H-pyrrole nitrogens is 1. The van der Waals surface area contributed by atoms with E-state index in [0.717, 1.165) is 42.5 Å². The molecule has 9 nitrogen and oxygen atoms in total. The molecule has 1 amide bonds. The number of aromatic nitrogens is 3. The van der Waals surface area contributed by atoms with E-state index >= 15 is 0 Å². The first-order chi connectivity index (χ1) is 14.4. The normalized spacial score (nSPS) is 17.1. The second-order valence-electron chi connectivity index (χ2n) is 7.41. The Labute approximate surface area is 174 Å². The summed E-state index contributed by atoms with van der Waals surface area (Å²) in [7, 11) is -3.38. The summed E-state index contributed by atoms with van der Waals surface area (Å²) in [5, 5.41) is 6.95. The Morgan fingerprint density at radius 1 is 1.27 bits per heavy atom. The first-order valence-corrected chi connectivity index (χ1v) is 11.7. The lowest BCUT2D eigenvalue weighted by Gasteiger charge is -2.34. The fourth-order valence-electron chi connectivity index (χ4n) is 3.79. The molecule has 0 spiro atoms. The van der Waals surface area contributed by atoms with E-state index in [2.05, 4.69) is 30.5 Å². The molecule has 2 aromatic heterocycles. The van der Waals surface area contributed by atoms with Gasteiger partial charge in [-0.15, -0.1) is 0 Å². The van der Waals surface area contributed by atoms with Crippen LogP contribution < -0.4 is 15.5 Å². The first kappa shape index (κ1) is 20.1. The number of sulfone groups is 1. The highest BCUT2D eigenvalue weighted by Gasteiger charge is 2.24. The van der Waals surface area contributed by atoms with E-state index in [9.17, 15) is 13.2 Å². The Bertz CT molecular complexity index is 1160. The third-order valence-corrected chi connectivity index (χ3v) is 6.30. The lowest BCUT2D eigenvalue weighted by Crippen LogP contribution is -2.49. The number of amides is 1. The Balaban J connectivity index is 1.38. The maximum absolute atomic E-state index is 12.5. The fourth-order valence-corrected chi connectivity index (χ4v) is 4.65. The van der Waals surface area contributed by atoms with Gasteiger partial charge >= 0.3 is 0 Å². The van der Waals surface area contributed by atoms with Crippen LogP contribution in [0.5, 0.6) is 0 Å². The van der Waals surface area contributed by atoms with E-state index in [4.69, 9.17) is 0 Å². The van der Waals surface area contributed by atoms with Crippen LogP contribution in [0.1, 0.15) is 12.8 Å². The number of carbonyl (C=O) groups is 1. The van der Waals surface area contributed by atoms with Crippen LogP contribution in [0.15, 0.2) is 47.8 Å². The minimum atomic E-state index is -3.38. The summed E-state index contributed by atoms with van der Waals surface area (Å²) in [6.07, 6.45) is 6.35. The van der Waals surface area contributed by atoms with Gasteiger partial charge in [-0.3, -0.25) is 4.79 Å². The predicted octanol–water partition coefficient (Wildman–Crippen LogP) is 1.56. The topological polar surface area (TPSA) is 120 Å². The largest absolute Gasteiger partial charge is 0.375 e. The van der Waals surface area contributed by atoms with Crippen LogP contribution in [0.4, 0.5) is 11.5 Å². The van der Waals surface area contributed by atoms with Gasteiger partial charge in [0, 0.05) is 31.6 Å². The summed E-state index contributed by atoms with van der Waals surface area (Å²) in [6, 6.07) is 8.52. The van der Waals surface area contributed by atoms with Crippen LogP contribution >= 0.6 is 0 Å². The monoisotopic (exact) mass is 428 g/mol. The molecule has 0 unspecified atom stereocenters. The van der Waals surface area contributed by atoms with E-state index < -0.39 is 9.84 Å². The molecule has 3 heterocycles. The molecule has 0 aliphatic carbocycles. The van der Waals surface area contributed by atoms with Gasteiger partial charge in [-0.1, -0.05) is 12.1 Å². The van der Waals surface area contributed by atoms with Crippen molar-refractivity contribution in [2.24, 2.45) is 0 Å². The van der Waals surface area contributed by atoms with Crippen molar-refractivity contribution in [3.8, 4) is 0 Å². The second kappa shape index (κ2) is 8.31. The van der Waals surface area contributed by atoms with Crippen molar-refractivity contribution in [2.45, 2.75) is 23.8 Å². The van der Waals surface area contributed by atoms with Crippen LogP contribution in [-0.2, 0) is 14.6 Å². The van der Waals surface area contributed by atoms with Crippen LogP contribution in [0, 0.1) is 0 Å². The molecule has 1 aliphatic heterocycles. The Morgan fingerprint density at radius 3 is 2.93 bits per heavy atom. The second-order valence-corrected chi connectivity index (χ2v) is 9.40. The van der Waals surface area contributed by atoms with E-state index in [1.807, 2.05) is 12.3 Å². The van der Waals surface area contributed by atoms with Gasteiger partial charge in [-0.25, -0.2) is 18.4 Å². The molecule has 3 aromatic rings. The molecule has 10 heteroatoms. The lowest BCUT2D eigenvalue weighted by molar-refractivity contribution is -0.120. The number of fused-ring (bicyclic) bond motifs is 1. The number of carbonyl (C=O) groups excluding carboxylic acids is 1. The predicted molar refractivity (Wildman–Crippen MR) is 115 cm³/mol. The smallest absolute Gasteiger partial charge is 0.239 e. The zero-order chi connectivity index (χ0) is 21.1. The number of benzene rings is 1. The lowest BCUT2D eigenvalue weighted by atomic mass is 10.1. The van der Waals surface area contributed by atoms with Gasteiger partial charge in [0.2, 0.25) is 5.91 Å². The Hall–Kier alpha value is -3.14. The van der Waals surface area contributed by atoms with Gasteiger partial charge in [0.25, 0.3) is 0 Å². The van der Waals surface area contributed by atoms with E-state index in [-0.39, 0.29) is 23.4 Å². The number of rotatable bonds is 6. The summed E-state index contributed by atoms with van der Waals surface area (Å²) < 4.78 is 23.8. The fraction of sp³-hybridized carbons (Fsp3) is 0.350. The van der Waals surface area contributed by atoms with Gasteiger partial charge in [-0.2, -0.15) is 0 Å². The molecular formula is C20H24N6O3S. The summed E-state index contributed by atoms with van der Waals surface area (Å²) >= 11 is 0. The van der Waals surface area contributed by atoms with Gasteiger partial charge in [-0.05, 0) is 31.0 Å². The van der Waals surface area contributed by atoms with Gasteiger partial charge < -0.3 is 20.5 Å². The zero-order valence-electron chi connectivity index (χ0n) is 16.6. The molecule has 4 rings (SSSR count). The molecule has 0 saturated carbocycles. The zero-order valence-corrected chi connectivity index (χ0v) is 17.4. The maximum Gasteiger partial charge on any atom is 0.239 e. The van der Waals surface area contributed by atoms with Crippen molar-refractivity contribution in [3.05, 3.63) is 42.9 Å². The van der Waals surface area contributed by atoms with E-state index in [1.54, 1.807) is 24.5 Å². The number of aromatic amines is 1. The molecule has 1 saturated heterocycles. The molecule has 30 heavy (non-hydrogen) atoms. The molecule has 158 valence electrons. The number of para-hydroxylation sites is 1. The highest BCUT2D eigenvalue weighted by atomic mass is 32.2. The molecule has 1 fully saturated rings. The number of hydrogen-bond donors (Lipinski definition) is 3. The Kier molecular flexibility index (Phi) is 5.58. The third-order valence-electron chi connectivity index (χ3n) is 5.14. The molecule has 0 bridgehead atoms. The van der Waals surface area contributed by atoms with Crippen molar-refractivity contribution >= 4 is 38.3 Å². The molecule has 1 atom stereocenters. The average Bonchev–Trinajstić information content (AvgIpc) is 3.21. The van der Waals surface area contributed by atoms with Crippen LogP contribution in [-0.4, -0.2) is 61.2 Å². The summed E-state index contributed by atoms with van der Waals surface area (Å²) in [5.74, 6) is 0.681. The van der Waals surface area contributed by atoms with Crippen molar-refractivity contribution in [1.82, 2.24) is 20.3 Å². The minimum Gasteiger partial charge on any atom is -0.375 e. The number of hydrogen-bond acceptors (Lipinski definition) is 7. The van der Waals surface area contributed by atoms with Crippen LogP contribution in [0.25, 0.3) is 11.0 Å². The number of piperidine rings is 1. The van der Waals surface area contributed by atoms with Crippen molar-refractivity contribution in [1.29, 1.82) is 0 Å². The minimum absolute atomic E-state index is 0.00139. The van der Waals surface area contributed by atoms with Crippen molar-refractivity contribution < 1.29 is 13.2 Å². The van der Waals surface area contributed by atoms with Crippen LogP contribution in [0.3, 0.4) is 0 Å². The molecular weight excluding hydrogens is 404 g/mol. The standard InChI is InChI=1S/C20H24N6O3S/c1-30(28,29)17-7-3-2-6-16(17)22-11-18(27)25-14-5-4-10-26(12-14)20-15-8-9-21-19(15)23-13-24-20/h2-3,6-9,13-14,22H,4-5,10-12H2,1H3,(H,25,27)(H,21,23,24)/t14-/m1/s1.